The molecule has 0 N–H and O–H groups in total. The molecule has 2 unspecified atom stereocenters. The van der Waals surface area contributed by atoms with Gasteiger partial charge in [0.05, 0.1) is 0 Å². The molecule has 0 aromatic carbocycles. The second-order valence-electron chi connectivity index (χ2n) is 4.79. The summed E-state index contributed by atoms with van der Waals surface area (Å²) in [6, 6.07) is 0. The summed E-state index contributed by atoms with van der Waals surface area (Å²) < 4.78 is 14.2. The first-order valence-corrected chi connectivity index (χ1v) is 6.81. The molecule has 6 heteroatoms. The summed E-state index contributed by atoms with van der Waals surface area (Å²) in [5.74, 6) is 0.472. The van der Waals surface area contributed by atoms with E-state index in [0.717, 1.165) is 25.7 Å². The zero-order valence-electron chi connectivity index (χ0n) is 11.9. The molecule has 0 aliphatic carbocycles. The van der Waals surface area contributed by atoms with Crippen molar-refractivity contribution in [2.45, 2.75) is 45.8 Å². The van der Waals surface area contributed by atoms with E-state index in [4.69, 9.17) is 4.74 Å². The van der Waals surface area contributed by atoms with Crippen molar-refractivity contribution in [3.05, 3.63) is 0 Å². The van der Waals surface area contributed by atoms with Crippen molar-refractivity contribution in [1.29, 1.82) is 0 Å². The van der Waals surface area contributed by atoms with E-state index in [0.29, 0.717) is 12.5 Å². The maximum absolute atomic E-state index is 11.8. The minimum absolute atomic E-state index is 0.0363. The SMILES string of the molecule is CCCCC(CC)CN(C)C(=O)OC1COC(=O)O1. The van der Waals surface area contributed by atoms with E-state index >= 15 is 0 Å². The van der Waals surface area contributed by atoms with Crippen LogP contribution in [0.3, 0.4) is 0 Å². The quantitative estimate of drug-likeness (QED) is 0.667. The Balaban J connectivity index is 2.32. The molecule has 0 aromatic rings. The first kappa shape index (κ1) is 15.6. The van der Waals surface area contributed by atoms with Gasteiger partial charge in [0.25, 0.3) is 6.29 Å². The van der Waals surface area contributed by atoms with Crippen LogP contribution in [-0.4, -0.2) is 43.6 Å². The largest absolute Gasteiger partial charge is 0.511 e. The van der Waals surface area contributed by atoms with Crippen LogP contribution in [0.5, 0.6) is 0 Å². The first-order chi connectivity index (χ1) is 9.06. The third-order valence-electron chi connectivity index (χ3n) is 3.18. The van der Waals surface area contributed by atoms with Gasteiger partial charge in [0.2, 0.25) is 0 Å². The number of hydrogen-bond acceptors (Lipinski definition) is 5. The Labute approximate surface area is 114 Å². The predicted octanol–water partition coefficient (Wildman–Crippen LogP) is 2.76. The molecule has 1 saturated heterocycles. The van der Waals surface area contributed by atoms with Gasteiger partial charge in [0, 0.05) is 13.6 Å². The molecule has 6 nitrogen and oxygen atoms in total. The van der Waals surface area contributed by atoms with Gasteiger partial charge in [-0.05, 0) is 12.3 Å². The molecule has 19 heavy (non-hydrogen) atoms. The molecule has 0 radical (unpaired) electrons. The molecule has 1 heterocycles. The van der Waals surface area contributed by atoms with E-state index in [1.165, 1.54) is 4.90 Å². The summed E-state index contributed by atoms with van der Waals surface area (Å²) in [7, 11) is 1.69. The van der Waals surface area contributed by atoms with Crippen molar-refractivity contribution >= 4 is 12.2 Å². The Morgan fingerprint density at radius 1 is 1.53 bits per heavy atom. The summed E-state index contributed by atoms with van der Waals surface area (Å²) >= 11 is 0. The van der Waals surface area contributed by atoms with Crippen molar-refractivity contribution in [2.24, 2.45) is 5.92 Å². The minimum Gasteiger partial charge on any atom is -0.426 e. The topological polar surface area (TPSA) is 65.1 Å². The van der Waals surface area contributed by atoms with Crippen LogP contribution >= 0.6 is 0 Å². The molecule has 2 atom stereocenters. The van der Waals surface area contributed by atoms with Gasteiger partial charge in [0.15, 0.2) is 6.61 Å². The van der Waals surface area contributed by atoms with Gasteiger partial charge in [-0.25, -0.2) is 9.59 Å². The fourth-order valence-electron chi connectivity index (χ4n) is 1.95. The number of ether oxygens (including phenoxy) is 3. The van der Waals surface area contributed by atoms with Crippen LogP contribution in [0.25, 0.3) is 0 Å². The number of rotatable bonds is 7. The Bertz CT molecular complexity index is 307. The summed E-state index contributed by atoms with van der Waals surface area (Å²) in [4.78, 5) is 24.0. The highest BCUT2D eigenvalue weighted by Crippen LogP contribution is 2.15. The molecule has 0 saturated carbocycles. The van der Waals surface area contributed by atoms with E-state index < -0.39 is 18.5 Å². The minimum atomic E-state index is -0.918. The molecule has 0 bridgehead atoms. The van der Waals surface area contributed by atoms with Gasteiger partial charge in [-0.3, -0.25) is 0 Å². The highest BCUT2D eigenvalue weighted by Gasteiger charge is 2.29. The van der Waals surface area contributed by atoms with Crippen LogP contribution in [0.15, 0.2) is 0 Å². The van der Waals surface area contributed by atoms with Gasteiger partial charge >= 0.3 is 12.2 Å². The lowest BCUT2D eigenvalue weighted by molar-refractivity contribution is -0.0431. The van der Waals surface area contributed by atoms with E-state index in [-0.39, 0.29) is 6.61 Å². The average Bonchev–Trinajstić information content (AvgIpc) is 2.79. The summed E-state index contributed by atoms with van der Waals surface area (Å²) in [5, 5.41) is 0. The van der Waals surface area contributed by atoms with Crippen LogP contribution in [0.2, 0.25) is 0 Å². The number of amides is 1. The Morgan fingerprint density at radius 3 is 2.79 bits per heavy atom. The molecule has 1 fully saturated rings. The van der Waals surface area contributed by atoms with E-state index in [9.17, 15) is 9.59 Å². The zero-order valence-corrected chi connectivity index (χ0v) is 11.9. The molecule has 1 aliphatic heterocycles. The predicted molar refractivity (Wildman–Crippen MR) is 68.6 cm³/mol. The van der Waals surface area contributed by atoms with Crippen molar-refractivity contribution in [3.63, 3.8) is 0 Å². The van der Waals surface area contributed by atoms with Crippen molar-refractivity contribution in [2.75, 3.05) is 20.2 Å². The highest BCUT2D eigenvalue weighted by atomic mass is 16.8. The lowest BCUT2D eigenvalue weighted by Gasteiger charge is -2.23. The monoisotopic (exact) mass is 273 g/mol. The zero-order chi connectivity index (χ0) is 14.3. The standard InChI is InChI=1S/C13H23NO5/c1-4-6-7-10(5-2)8-14(3)12(15)18-11-9-17-13(16)19-11/h10-11H,4-9H2,1-3H3. The molecule has 1 rings (SSSR count). The van der Waals surface area contributed by atoms with Gasteiger partial charge in [-0.1, -0.05) is 33.1 Å². The molecule has 0 aromatic heterocycles. The number of unbranched alkanes of at least 4 members (excludes halogenated alkanes) is 1. The first-order valence-electron chi connectivity index (χ1n) is 6.81. The molecular weight excluding hydrogens is 250 g/mol. The third-order valence-corrected chi connectivity index (χ3v) is 3.18. The van der Waals surface area contributed by atoms with Crippen molar-refractivity contribution in [1.82, 2.24) is 4.90 Å². The fourth-order valence-corrected chi connectivity index (χ4v) is 1.95. The van der Waals surface area contributed by atoms with Crippen LogP contribution in [-0.2, 0) is 14.2 Å². The average molecular weight is 273 g/mol. The van der Waals surface area contributed by atoms with Crippen molar-refractivity contribution in [3.8, 4) is 0 Å². The Hall–Kier alpha value is -1.46. The van der Waals surface area contributed by atoms with Crippen LogP contribution < -0.4 is 0 Å². The molecule has 1 amide bonds. The fraction of sp³-hybridized carbons (Fsp3) is 0.846. The maximum atomic E-state index is 11.8. The van der Waals surface area contributed by atoms with Crippen LogP contribution in [0, 0.1) is 5.92 Å². The second kappa shape index (κ2) is 7.86. The van der Waals surface area contributed by atoms with E-state index in [1.807, 2.05) is 0 Å². The number of carbonyl (C=O) groups excluding carboxylic acids is 2. The molecule has 0 spiro atoms. The molecule has 110 valence electrons. The third kappa shape index (κ3) is 5.36. The number of nitrogens with zero attached hydrogens (tertiary/aromatic N) is 1. The maximum Gasteiger partial charge on any atom is 0.511 e. The van der Waals surface area contributed by atoms with Crippen LogP contribution in [0.1, 0.15) is 39.5 Å². The number of carbonyl (C=O) groups is 2. The summed E-state index contributed by atoms with van der Waals surface area (Å²) in [6.45, 7) is 4.88. The summed E-state index contributed by atoms with van der Waals surface area (Å²) in [6.07, 6.45) is 2.24. The smallest absolute Gasteiger partial charge is 0.426 e. The van der Waals surface area contributed by atoms with Gasteiger partial charge in [-0.2, -0.15) is 0 Å². The number of hydrogen-bond donors (Lipinski definition) is 0. The highest BCUT2D eigenvalue weighted by molar-refractivity contribution is 5.68. The van der Waals surface area contributed by atoms with E-state index in [1.54, 1.807) is 7.05 Å². The lowest BCUT2D eigenvalue weighted by Crippen LogP contribution is -2.35. The normalized spacial score (nSPS) is 19.5. The molecule has 1 aliphatic rings. The van der Waals surface area contributed by atoms with E-state index in [2.05, 4.69) is 23.3 Å². The van der Waals surface area contributed by atoms with Crippen molar-refractivity contribution < 1.29 is 23.8 Å². The Morgan fingerprint density at radius 2 is 2.26 bits per heavy atom. The Kier molecular flexibility index (Phi) is 6.45. The number of cyclic esters (lactones) is 2. The summed E-state index contributed by atoms with van der Waals surface area (Å²) in [5.41, 5.74) is 0. The van der Waals surface area contributed by atoms with Gasteiger partial charge in [-0.15, -0.1) is 0 Å². The lowest BCUT2D eigenvalue weighted by atomic mass is 9.99. The molecular formula is C13H23NO5. The van der Waals surface area contributed by atoms with Gasteiger partial charge < -0.3 is 19.1 Å². The van der Waals surface area contributed by atoms with Crippen LogP contribution in [0.4, 0.5) is 9.59 Å². The second-order valence-corrected chi connectivity index (χ2v) is 4.79. The van der Waals surface area contributed by atoms with Gasteiger partial charge in [0.1, 0.15) is 0 Å².